The molecule has 0 amide bonds. The zero-order chi connectivity index (χ0) is 7.56. The molecule has 54 valence electrons. The molecule has 5 heteroatoms. The highest BCUT2D eigenvalue weighted by molar-refractivity contribution is 14.1. The molecule has 0 fully saturated rings. The Hall–Kier alpha value is -0.590. The molecule has 1 rings (SSSR count). The third-order valence-electron chi connectivity index (χ3n) is 0.990. The van der Waals surface area contributed by atoms with Gasteiger partial charge in [0.2, 0.25) is 0 Å². The highest BCUT2D eigenvalue weighted by Gasteiger charge is 2.04. The summed E-state index contributed by atoms with van der Waals surface area (Å²) in [5.41, 5.74) is 0.0941. The Labute approximate surface area is 71.0 Å². The average molecular weight is 252 g/mol. The van der Waals surface area contributed by atoms with Crippen molar-refractivity contribution in [3.8, 4) is 0 Å². The Bertz CT molecular complexity index is 246. The molecule has 0 aliphatic heterocycles. The van der Waals surface area contributed by atoms with Gasteiger partial charge in [0, 0.05) is 6.20 Å². The number of hydrogen-bond donors (Lipinski definition) is 1. The summed E-state index contributed by atoms with van der Waals surface area (Å²) < 4.78 is 2.42. The molecule has 10 heavy (non-hydrogen) atoms. The van der Waals surface area contributed by atoms with Gasteiger partial charge in [-0.15, -0.1) is 0 Å². The molecule has 1 N–H and O–H groups in total. The Morgan fingerprint density at radius 2 is 2.60 bits per heavy atom. The summed E-state index contributed by atoms with van der Waals surface area (Å²) in [4.78, 5) is 13.9. The minimum Gasteiger partial charge on any atom is -0.476 e. The molecule has 0 atom stereocenters. The first-order chi connectivity index (χ1) is 4.74. The predicted octanol–water partition coefficient (Wildman–Crippen LogP) is 0.974. The van der Waals surface area contributed by atoms with E-state index in [1.54, 1.807) is 4.57 Å². The molecule has 0 unspecified atom stereocenters. The van der Waals surface area contributed by atoms with Crippen molar-refractivity contribution >= 4 is 28.6 Å². The van der Waals surface area contributed by atoms with Gasteiger partial charge in [-0.3, -0.25) is 0 Å². The molecule has 0 aromatic carbocycles. The Kier molecular flexibility index (Phi) is 2.25. The smallest absolute Gasteiger partial charge is 0.356 e. The van der Waals surface area contributed by atoms with Crippen molar-refractivity contribution < 1.29 is 9.90 Å². The summed E-state index contributed by atoms with van der Waals surface area (Å²) >= 11 is 2.12. The fourth-order valence-corrected chi connectivity index (χ4v) is 0.909. The van der Waals surface area contributed by atoms with Crippen molar-refractivity contribution in [3.05, 3.63) is 18.2 Å². The maximum atomic E-state index is 10.3. The molecule has 0 radical (unpaired) electrons. The van der Waals surface area contributed by atoms with Crippen LogP contribution in [-0.2, 0) is 4.55 Å². The number of carboxylic acid groups (broad SMARTS) is 1. The van der Waals surface area contributed by atoms with Gasteiger partial charge >= 0.3 is 5.97 Å². The lowest BCUT2D eigenvalue weighted by molar-refractivity contribution is 0.0691. The quantitative estimate of drug-likeness (QED) is 0.630. The lowest BCUT2D eigenvalue weighted by Gasteiger charge is -1.87. The molecule has 1 heterocycles. The number of alkyl halides is 1. The van der Waals surface area contributed by atoms with E-state index in [0.717, 1.165) is 4.55 Å². The fourth-order valence-electron chi connectivity index (χ4n) is 0.536. The first kappa shape index (κ1) is 7.52. The van der Waals surface area contributed by atoms with Gasteiger partial charge < -0.3 is 9.67 Å². The van der Waals surface area contributed by atoms with Crippen LogP contribution in [-0.4, -0.2) is 20.6 Å². The summed E-state index contributed by atoms with van der Waals surface area (Å²) in [6, 6.07) is 0. The molecule has 0 saturated carbocycles. The summed E-state index contributed by atoms with van der Waals surface area (Å²) in [5.74, 6) is -0.983. The van der Waals surface area contributed by atoms with Crippen LogP contribution in [0.25, 0.3) is 0 Å². The van der Waals surface area contributed by atoms with Crippen LogP contribution in [0, 0.1) is 0 Å². The van der Waals surface area contributed by atoms with Crippen molar-refractivity contribution in [1.82, 2.24) is 9.55 Å². The molecule has 4 nitrogen and oxygen atoms in total. The maximum Gasteiger partial charge on any atom is 0.356 e. The molecule has 0 aliphatic carbocycles. The summed E-state index contributed by atoms with van der Waals surface area (Å²) in [5, 5.41) is 8.42. The third-order valence-corrected chi connectivity index (χ3v) is 1.78. The van der Waals surface area contributed by atoms with E-state index in [-0.39, 0.29) is 5.69 Å². The fraction of sp³-hybridized carbons (Fsp3) is 0.200. The van der Waals surface area contributed by atoms with Crippen molar-refractivity contribution in [2.24, 2.45) is 0 Å². The van der Waals surface area contributed by atoms with E-state index in [4.69, 9.17) is 5.11 Å². The lowest BCUT2D eigenvalue weighted by Crippen LogP contribution is -1.95. The average Bonchev–Trinajstić information content (AvgIpc) is 2.34. The molecule has 1 aromatic heterocycles. The third kappa shape index (κ3) is 1.47. The van der Waals surface area contributed by atoms with E-state index in [1.165, 1.54) is 12.5 Å². The monoisotopic (exact) mass is 252 g/mol. The minimum atomic E-state index is -0.983. The number of carboxylic acids is 1. The number of aromatic carboxylic acids is 1. The first-order valence-corrected chi connectivity index (χ1v) is 4.07. The van der Waals surface area contributed by atoms with Gasteiger partial charge in [-0.2, -0.15) is 0 Å². The van der Waals surface area contributed by atoms with Crippen molar-refractivity contribution in [3.63, 3.8) is 0 Å². The van der Waals surface area contributed by atoms with Gasteiger partial charge in [-0.1, -0.05) is 22.6 Å². The summed E-state index contributed by atoms with van der Waals surface area (Å²) in [6.07, 6.45) is 2.99. The van der Waals surface area contributed by atoms with Gasteiger partial charge in [0.1, 0.15) is 0 Å². The Morgan fingerprint density at radius 1 is 1.90 bits per heavy atom. The summed E-state index contributed by atoms with van der Waals surface area (Å²) in [7, 11) is 0. The van der Waals surface area contributed by atoms with Crippen molar-refractivity contribution in [2.75, 3.05) is 0 Å². The standard InChI is InChI=1S/C5H5IN2O2/c6-2-8-1-4(5(9)10)7-3-8/h1,3H,2H2,(H,9,10). The number of rotatable bonds is 2. The van der Waals surface area contributed by atoms with E-state index >= 15 is 0 Å². The maximum absolute atomic E-state index is 10.3. The van der Waals surface area contributed by atoms with Crippen LogP contribution in [0.5, 0.6) is 0 Å². The van der Waals surface area contributed by atoms with Crippen molar-refractivity contribution in [2.45, 2.75) is 4.55 Å². The molecule has 0 aliphatic rings. The van der Waals surface area contributed by atoms with Crippen LogP contribution in [0.1, 0.15) is 10.5 Å². The number of nitrogens with zero attached hydrogens (tertiary/aromatic N) is 2. The van der Waals surface area contributed by atoms with E-state index in [0.29, 0.717) is 0 Å². The van der Waals surface area contributed by atoms with Gasteiger partial charge in [-0.05, 0) is 0 Å². The second-order valence-corrected chi connectivity index (χ2v) is 2.38. The van der Waals surface area contributed by atoms with Crippen LogP contribution >= 0.6 is 22.6 Å². The lowest BCUT2D eigenvalue weighted by atomic mass is 10.5. The first-order valence-electron chi connectivity index (χ1n) is 2.55. The highest BCUT2D eigenvalue weighted by Crippen LogP contribution is 1.98. The van der Waals surface area contributed by atoms with Gasteiger partial charge in [-0.25, -0.2) is 9.78 Å². The Morgan fingerprint density at radius 3 is 2.90 bits per heavy atom. The van der Waals surface area contributed by atoms with Gasteiger partial charge in [0.15, 0.2) is 5.69 Å². The van der Waals surface area contributed by atoms with E-state index in [2.05, 4.69) is 27.6 Å². The molecule has 0 spiro atoms. The second kappa shape index (κ2) is 3.00. The van der Waals surface area contributed by atoms with E-state index < -0.39 is 5.97 Å². The number of hydrogen-bond acceptors (Lipinski definition) is 2. The van der Waals surface area contributed by atoms with Crippen LogP contribution in [0.15, 0.2) is 12.5 Å². The van der Waals surface area contributed by atoms with Crippen LogP contribution in [0.2, 0.25) is 0 Å². The normalized spacial score (nSPS) is 9.70. The van der Waals surface area contributed by atoms with Crippen LogP contribution < -0.4 is 0 Å². The van der Waals surface area contributed by atoms with Crippen LogP contribution in [0.4, 0.5) is 0 Å². The number of imidazole rings is 1. The van der Waals surface area contributed by atoms with E-state index in [9.17, 15) is 4.79 Å². The summed E-state index contributed by atoms with van der Waals surface area (Å²) in [6.45, 7) is 0. The minimum absolute atomic E-state index is 0.0941. The zero-order valence-electron chi connectivity index (χ0n) is 4.99. The number of aromatic nitrogens is 2. The molecule has 0 bridgehead atoms. The zero-order valence-corrected chi connectivity index (χ0v) is 7.15. The largest absolute Gasteiger partial charge is 0.476 e. The van der Waals surface area contributed by atoms with Gasteiger partial charge in [0.25, 0.3) is 0 Å². The van der Waals surface area contributed by atoms with E-state index in [1.807, 2.05) is 0 Å². The highest BCUT2D eigenvalue weighted by atomic mass is 127. The molecule has 0 saturated heterocycles. The molecular weight excluding hydrogens is 247 g/mol. The van der Waals surface area contributed by atoms with Crippen molar-refractivity contribution in [1.29, 1.82) is 0 Å². The topological polar surface area (TPSA) is 55.1 Å². The SMILES string of the molecule is O=C(O)c1cn(CI)cn1. The molecule has 1 aromatic rings. The number of carbonyl (C=O) groups is 1. The molecular formula is C5H5IN2O2. The van der Waals surface area contributed by atoms with Crippen LogP contribution in [0.3, 0.4) is 0 Å². The number of halogens is 1. The predicted molar refractivity (Wildman–Crippen MR) is 43.2 cm³/mol. The second-order valence-electron chi connectivity index (χ2n) is 1.70. The Balaban J connectivity index is 2.88. The van der Waals surface area contributed by atoms with Gasteiger partial charge in [0.05, 0.1) is 10.9 Å².